The van der Waals surface area contributed by atoms with Crippen LogP contribution in [0.4, 0.5) is 0 Å². The molecule has 12 heavy (non-hydrogen) atoms. The van der Waals surface area contributed by atoms with Crippen molar-refractivity contribution in [1.82, 2.24) is 0 Å². The van der Waals surface area contributed by atoms with Gasteiger partial charge in [-0.15, -0.1) is 0 Å². The Morgan fingerprint density at radius 1 is 1.50 bits per heavy atom. The van der Waals surface area contributed by atoms with Crippen molar-refractivity contribution in [2.45, 2.75) is 18.4 Å². The van der Waals surface area contributed by atoms with Crippen LogP contribution in [0.2, 0.25) is 0 Å². The summed E-state index contributed by atoms with van der Waals surface area (Å²) in [6.45, 7) is 0. The zero-order valence-corrected chi connectivity index (χ0v) is 8.65. The van der Waals surface area contributed by atoms with E-state index in [4.69, 9.17) is 5.11 Å². The van der Waals surface area contributed by atoms with E-state index in [2.05, 4.69) is 0 Å². The number of hydrogen-bond donors (Lipinski definition) is 1. The van der Waals surface area contributed by atoms with Crippen molar-refractivity contribution < 1.29 is 54.2 Å². The molecule has 0 amide bonds. The Labute approximate surface area is 91.1 Å². The van der Waals surface area contributed by atoms with E-state index in [0.29, 0.717) is 0 Å². The van der Waals surface area contributed by atoms with Gasteiger partial charge in [0.15, 0.2) is 6.29 Å². The SMILES string of the molecule is O=CCC(O)(C=O)CC(=O)[O-].[Na+]. The minimum Gasteiger partial charge on any atom is -0.550 e. The van der Waals surface area contributed by atoms with Gasteiger partial charge in [0.25, 0.3) is 0 Å². The van der Waals surface area contributed by atoms with Crippen LogP contribution < -0.4 is 34.7 Å². The van der Waals surface area contributed by atoms with Crippen LogP contribution in [0, 0.1) is 0 Å². The number of aliphatic carboxylic acids is 1. The third-order valence-corrected chi connectivity index (χ3v) is 1.11. The first-order valence-corrected chi connectivity index (χ1v) is 2.86. The van der Waals surface area contributed by atoms with E-state index >= 15 is 0 Å². The Morgan fingerprint density at radius 2 is 2.00 bits per heavy atom. The third kappa shape index (κ3) is 5.42. The molecule has 0 aliphatic carbocycles. The molecule has 62 valence electrons. The standard InChI is InChI=1S/C6H8O5.Na/c7-2-1-6(11,4-8)3-5(9)10;/h2,4,11H,1,3H2,(H,9,10);/q;+1/p-1. The minimum absolute atomic E-state index is 0. The summed E-state index contributed by atoms with van der Waals surface area (Å²) in [4.78, 5) is 29.8. The maximum Gasteiger partial charge on any atom is 1.00 e. The summed E-state index contributed by atoms with van der Waals surface area (Å²) in [5.41, 5.74) is -2.10. The van der Waals surface area contributed by atoms with Gasteiger partial charge in [-0.1, -0.05) is 0 Å². The van der Waals surface area contributed by atoms with Crippen LogP contribution in [0.15, 0.2) is 0 Å². The number of carboxylic acids is 1. The average Bonchev–Trinajstić information content (AvgIpc) is 1.87. The Kier molecular flexibility index (Phi) is 7.51. The van der Waals surface area contributed by atoms with Crippen LogP contribution in [-0.2, 0) is 14.4 Å². The Morgan fingerprint density at radius 3 is 2.25 bits per heavy atom. The van der Waals surface area contributed by atoms with Gasteiger partial charge < -0.3 is 24.6 Å². The van der Waals surface area contributed by atoms with Gasteiger partial charge in [0.1, 0.15) is 11.9 Å². The zero-order chi connectivity index (χ0) is 8.91. The van der Waals surface area contributed by atoms with Crippen molar-refractivity contribution in [2.75, 3.05) is 0 Å². The summed E-state index contributed by atoms with van der Waals surface area (Å²) in [6.07, 6.45) is -1.08. The molecule has 0 aliphatic heterocycles. The molecule has 0 fully saturated rings. The maximum atomic E-state index is 10.1. The molecule has 0 spiro atoms. The molecular weight excluding hydrogens is 175 g/mol. The van der Waals surface area contributed by atoms with Crippen molar-refractivity contribution in [2.24, 2.45) is 0 Å². The third-order valence-electron chi connectivity index (χ3n) is 1.11. The van der Waals surface area contributed by atoms with E-state index in [-0.39, 0.29) is 42.1 Å². The number of carboxylic acid groups (broad SMARTS) is 1. The summed E-state index contributed by atoms with van der Waals surface area (Å²) in [6, 6.07) is 0. The maximum absolute atomic E-state index is 10.1. The molecule has 0 radical (unpaired) electrons. The normalized spacial score (nSPS) is 13.8. The average molecular weight is 182 g/mol. The molecule has 6 heteroatoms. The smallest absolute Gasteiger partial charge is 0.550 e. The number of aldehydes is 2. The van der Waals surface area contributed by atoms with Crippen LogP contribution in [0.5, 0.6) is 0 Å². The van der Waals surface area contributed by atoms with Gasteiger partial charge in [-0.25, -0.2) is 0 Å². The summed E-state index contributed by atoms with van der Waals surface area (Å²) in [5, 5.41) is 18.9. The quantitative estimate of drug-likeness (QED) is 0.338. The second kappa shape index (κ2) is 6.30. The van der Waals surface area contributed by atoms with Gasteiger partial charge in [-0.2, -0.15) is 0 Å². The Bertz CT molecular complexity index is 181. The number of aliphatic hydroxyl groups is 1. The molecule has 0 bridgehead atoms. The fraction of sp³-hybridized carbons (Fsp3) is 0.500. The van der Waals surface area contributed by atoms with Crippen LogP contribution in [0.25, 0.3) is 0 Å². The van der Waals surface area contributed by atoms with Crippen LogP contribution >= 0.6 is 0 Å². The van der Waals surface area contributed by atoms with Gasteiger partial charge in [-0.05, 0) is 0 Å². The van der Waals surface area contributed by atoms with Crippen LogP contribution in [0.3, 0.4) is 0 Å². The molecule has 0 aromatic rings. The summed E-state index contributed by atoms with van der Waals surface area (Å²) in [5.74, 6) is -1.57. The monoisotopic (exact) mass is 182 g/mol. The van der Waals surface area contributed by atoms with Gasteiger partial charge in [0.2, 0.25) is 0 Å². The van der Waals surface area contributed by atoms with Gasteiger partial charge in [0, 0.05) is 18.8 Å². The first-order valence-electron chi connectivity index (χ1n) is 2.86. The summed E-state index contributed by atoms with van der Waals surface area (Å²) < 4.78 is 0. The second-order valence-corrected chi connectivity index (χ2v) is 2.14. The molecule has 0 heterocycles. The number of rotatable bonds is 5. The van der Waals surface area contributed by atoms with E-state index < -0.39 is 24.4 Å². The number of carbonyl (C=O) groups is 3. The minimum atomic E-state index is -2.10. The fourth-order valence-corrected chi connectivity index (χ4v) is 0.556. The Balaban J connectivity index is 0. The molecule has 0 saturated heterocycles. The molecule has 0 aliphatic rings. The molecule has 1 N–H and O–H groups in total. The van der Waals surface area contributed by atoms with Crippen LogP contribution in [-0.4, -0.2) is 29.2 Å². The molecule has 0 aromatic carbocycles. The first kappa shape index (κ1) is 14.3. The van der Waals surface area contributed by atoms with E-state index in [1.807, 2.05) is 0 Å². The van der Waals surface area contributed by atoms with Gasteiger partial charge in [-0.3, -0.25) is 0 Å². The molecule has 0 rings (SSSR count). The van der Waals surface area contributed by atoms with Crippen molar-refractivity contribution in [1.29, 1.82) is 0 Å². The van der Waals surface area contributed by atoms with E-state index in [9.17, 15) is 19.5 Å². The predicted octanol–water partition coefficient (Wildman–Crippen LogP) is -5.35. The molecule has 5 nitrogen and oxygen atoms in total. The van der Waals surface area contributed by atoms with E-state index in [1.54, 1.807) is 0 Å². The molecule has 0 saturated carbocycles. The topological polar surface area (TPSA) is 94.5 Å². The van der Waals surface area contributed by atoms with E-state index in [0.717, 1.165) is 0 Å². The summed E-state index contributed by atoms with van der Waals surface area (Å²) in [7, 11) is 0. The van der Waals surface area contributed by atoms with E-state index in [1.165, 1.54) is 0 Å². The summed E-state index contributed by atoms with van der Waals surface area (Å²) >= 11 is 0. The first-order chi connectivity index (χ1) is 5.04. The number of carbonyl (C=O) groups excluding carboxylic acids is 3. The number of hydrogen-bond acceptors (Lipinski definition) is 5. The predicted molar refractivity (Wildman–Crippen MR) is 31.3 cm³/mol. The second-order valence-electron chi connectivity index (χ2n) is 2.14. The molecule has 1 unspecified atom stereocenters. The Hall–Kier alpha value is -0.230. The van der Waals surface area contributed by atoms with Crippen LogP contribution in [0.1, 0.15) is 12.8 Å². The fourth-order valence-electron chi connectivity index (χ4n) is 0.556. The van der Waals surface area contributed by atoms with Gasteiger partial charge >= 0.3 is 29.6 Å². The van der Waals surface area contributed by atoms with Crippen molar-refractivity contribution >= 4 is 18.5 Å². The zero-order valence-electron chi connectivity index (χ0n) is 6.65. The molecule has 1 atom stereocenters. The van der Waals surface area contributed by atoms with Crippen molar-refractivity contribution in [3.63, 3.8) is 0 Å². The molecular formula is C6H7NaO5. The van der Waals surface area contributed by atoms with Crippen molar-refractivity contribution in [3.8, 4) is 0 Å². The largest absolute Gasteiger partial charge is 1.00 e. The van der Waals surface area contributed by atoms with Gasteiger partial charge in [0.05, 0.1) is 0 Å². The van der Waals surface area contributed by atoms with Crippen molar-refractivity contribution in [3.05, 3.63) is 0 Å². The molecule has 0 aromatic heterocycles.